The minimum Gasteiger partial charge on any atom is -0.293 e. The van der Waals surface area contributed by atoms with E-state index in [4.69, 9.17) is 9.97 Å². The molecule has 6 nitrogen and oxygen atoms in total. The molecule has 2 heterocycles. The van der Waals surface area contributed by atoms with E-state index in [1.54, 1.807) is 0 Å². The number of pyridine rings is 2. The maximum atomic E-state index is 13.2. The number of nitrogens with zero attached hydrogens (tertiary/aromatic N) is 4. The standard InChI is InChI=1S/C28H26N4O2S2/c33-27(31(21-11-12-21)25-15-9-19-5-1-3-7-23(19)29-25)17-35-36-18-28(34)32(22-13-14-22)26-16-10-20-6-2-4-8-24(20)30-26/h1-10,15-16,21-22H,11-14,17-18H2. The van der Waals surface area contributed by atoms with E-state index >= 15 is 0 Å². The van der Waals surface area contributed by atoms with Crippen molar-refractivity contribution in [3.8, 4) is 0 Å². The molecule has 2 aliphatic rings. The molecule has 4 aromatic rings. The fourth-order valence-corrected chi connectivity index (χ4v) is 6.16. The van der Waals surface area contributed by atoms with Crippen LogP contribution < -0.4 is 9.80 Å². The highest BCUT2D eigenvalue weighted by molar-refractivity contribution is 8.77. The SMILES string of the molecule is O=C(CSSCC(=O)N(c1ccc2ccccc2n1)C1CC1)N(c1ccc2ccccc2n1)C1CC1. The highest BCUT2D eigenvalue weighted by Crippen LogP contribution is 2.35. The lowest BCUT2D eigenvalue weighted by atomic mass is 10.2. The monoisotopic (exact) mass is 514 g/mol. The summed E-state index contributed by atoms with van der Waals surface area (Å²) < 4.78 is 0. The van der Waals surface area contributed by atoms with Gasteiger partial charge in [-0.1, -0.05) is 58.0 Å². The summed E-state index contributed by atoms with van der Waals surface area (Å²) in [5, 5.41) is 2.13. The van der Waals surface area contributed by atoms with Crippen molar-refractivity contribution in [1.29, 1.82) is 0 Å². The Morgan fingerprint density at radius 2 is 1.06 bits per heavy atom. The molecule has 0 aliphatic heterocycles. The summed E-state index contributed by atoms with van der Waals surface area (Å²) >= 11 is 0. The van der Waals surface area contributed by atoms with Gasteiger partial charge in [-0.2, -0.15) is 0 Å². The first kappa shape index (κ1) is 23.3. The Morgan fingerprint density at radius 1 is 0.639 bits per heavy atom. The number of rotatable bonds is 9. The molecule has 0 saturated heterocycles. The van der Waals surface area contributed by atoms with E-state index < -0.39 is 0 Å². The van der Waals surface area contributed by atoms with Crippen LogP contribution in [0.2, 0.25) is 0 Å². The van der Waals surface area contributed by atoms with E-state index in [1.807, 2.05) is 82.6 Å². The van der Waals surface area contributed by atoms with Gasteiger partial charge in [0.25, 0.3) is 0 Å². The first-order valence-corrected chi connectivity index (χ1v) is 14.8. The zero-order chi connectivity index (χ0) is 24.5. The molecule has 182 valence electrons. The van der Waals surface area contributed by atoms with Gasteiger partial charge in [-0.15, -0.1) is 0 Å². The Bertz CT molecular complexity index is 1330. The van der Waals surface area contributed by atoms with Gasteiger partial charge in [0.15, 0.2) is 0 Å². The van der Waals surface area contributed by atoms with Crippen molar-refractivity contribution in [2.75, 3.05) is 21.3 Å². The lowest BCUT2D eigenvalue weighted by Crippen LogP contribution is -2.35. The number of para-hydroxylation sites is 2. The molecule has 36 heavy (non-hydrogen) atoms. The van der Waals surface area contributed by atoms with E-state index in [0.29, 0.717) is 23.1 Å². The van der Waals surface area contributed by atoms with Crippen LogP contribution in [0.4, 0.5) is 11.6 Å². The maximum absolute atomic E-state index is 13.2. The fourth-order valence-electron chi connectivity index (χ4n) is 4.40. The summed E-state index contributed by atoms with van der Waals surface area (Å²) in [7, 11) is 2.88. The van der Waals surface area contributed by atoms with Crippen LogP contribution in [0.5, 0.6) is 0 Å². The van der Waals surface area contributed by atoms with Crippen molar-refractivity contribution in [3.63, 3.8) is 0 Å². The summed E-state index contributed by atoms with van der Waals surface area (Å²) in [5.74, 6) is 2.12. The van der Waals surface area contributed by atoms with Crippen molar-refractivity contribution in [2.24, 2.45) is 0 Å². The minimum atomic E-state index is 0.0421. The summed E-state index contributed by atoms with van der Waals surface area (Å²) in [6.07, 6.45) is 4.02. The molecular weight excluding hydrogens is 488 g/mol. The lowest BCUT2D eigenvalue weighted by Gasteiger charge is -2.22. The van der Waals surface area contributed by atoms with Crippen molar-refractivity contribution in [1.82, 2.24) is 9.97 Å². The van der Waals surface area contributed by atoms with Gasteiger partial charge in [-0.05, 0) is 62.1 Å². The average molecular weight is 515 g/mol. The number of hydrogen-bond donors (Lipinski definition) is 0. The third-order valence-corrected chi connectivity index (χ3v) is 8.57. The van der Waals surface area contributed by atoms with E-state index in [0.717, 1.165) is 47.5 Å². The van der Waals surface area contributed by atoms with E-state index in [9.17, 15) is 9.59 Å². The molecule has 0 atom stereocenters. The van der Waals surface area contributed by atoms with Gasteiger partial charge in [0.2, 0.25) is 11.8 Å². The summed E-state index contributed by atoms with van der Waals surface area (Å²) in [5.41, 5.74) is 1.78. The van der Waals surface area contributed by atoms with Gasteiger partial charge < -0.3 is 0 Å². The Morgan fingerprint density at radius 3 is 1.47 bits per heavy atom. The Hall–Kier alpha value is -3.10. The van der Waals surface area contributed by atoms with Crippen molar-refractivity contribution < 1.29 is 9.59 Å². The van der Waals surface area contributed by atoms with Crippen LogP contribution in [0, 0.1) is 0 Å². The number of hydrogen-bond acceptors (Lipinski definition) is 6. The maximum Gasteiger partial charge on any atom is 0.239 e. The molecule has 2 aromatic carbocycles. The predicted octanol–water partition coefficient (Wildman–Crippen LogP) is 5.86. The van der Waals surface area contributed by atoms with Gasteiger partial charge in [-0.25, -0.2) is 9.97 Å². The van der Waals surface area contributed by atoms with E-state index in [1.165, 1.54) is 21.6 Å². The average Bonchev–Trinajstić information content (AvgIpc) is 3.83. The summed E-state index contributed by atoms with van der Waals surface area (Å²) in [6.45, 7) is 0. The van der Waals surface area contributed by atoms with Gasteiger partial charge in [-0.3, -0.25) is 19.4 Å². The highest BCUT2D eigenvalue weighted by atomic mass is 33.1. The number of aromatic nitrogens is 2. The van der Waals surface area contributed by atoms with Crippen LogP contribution >= 0.6 is 21.6 Å². The third kappa shape index (κ3) is 5.06. The molecule has 0 bridgehead atoms. The smallest absolute Gasteiger partial charge is 0.239 e. The number of carbonyl (C=O) groups excluding carboxylic acids is 2. The van der Waals surface area contributed by atoms with Gasteiger partial charge in [0.05, 0.1) is 22.5 Å². The second kappa shape index (κ2) is 10.1. The van der Waals surface area contributed by atoms with Gasteiger partial charge >= 0.3 is 0 Å². The van der Waals surface area contributed by atoms with Crippen LogP contribution in [0.25, 0.3) is 21.8 Å². The quantitative estimate of drug-likeness (QED) is 0.206. The number of amides is 2. The Labute approximate surface area is 217 Å². The van der Waals surface area contributed by atoms with Crippen LogP contribution in [-0.4, -0.2) is 45.4 Å². The molecule has 2 saturated carbocycles. The van der Waals surface area contributed by atoms with Crippen molar-refractivity contribution in [3.05, 3.63) is 72.8 Å². The number of anilines is 2. The molecule has 2 aromatic heterocycles. The molecule has 2 amide bonds. The molecule has 0 N–H and O–H groups in total. The lowest BCUT2D eigenvalue weighted by molar-refractivity contribution is -0.117. The van der Waals surface area contributed by atoms with Crippen LogP contribution in [0.1, 0.15) is 25.7 Å². The number of carbonyl (C=O) groups is 2. The molecule has 2 fully saturated rings. The molecule has 0 radical (unpaired) electrons. The zero-order valence-electron chi connectivity index (χ0n) is 19.7. The molecule has 8 heteroatoms. The normalized spacial score (nSPS) is 15.2. The number of benzene rings is 2. The second-order valence-corrected chi connectivity index (χ2v) is 11.7. The molecule has 6 rings (SSSR count). The van der Waals surface area contributed by atoms with Crippen LogP contribution in [0.15, 0.2) is 72.8 Å². The van der Waals surface area contributed by atoms with Crippen molar-refractivity contribution in [2.45, 2.75) is 37.8 Å². The van der Waals surface area contributed by atoms with Crippen molar-refractivity contribution >= 4 is 66.8 Å². The van der Waals surface area contributed by atoms with Crippen LogP contribution in [-0.2, 0) is 9.59 Å². The van der Waals surface area contributed by atoms with E-state index in [2.05, 4.69) is 0 Å². The Balaban J connectivity index is 1.08. The second-order valence-electron chi connectivity index (χ2n) is 9.24. The first-order valence-electron chi connectivity index (χ1n) is 12.3. The van der Waals surface area contributed by atoms with E-state index in [-0.39, 0.29) is 23.9 Å². The Kier molecular flexibility index (Phi) is 6.54. The summed E-state index contributed by atoms with van der Waals surface area (Å²) in [4.78, 5) is 39.5. The molecule has 0 unspecified atom stereocenters. The van der Waals surface area contributed by atoms with Gasteiger partial charge in [0, 0.05) is 22.9 Å². The van der Waals surface area contributed by atoms with Gasteiger partial charge in [0.1, 0.15) is 11.6 Å². The predicted molar refractivity (Wildman–Crippen MR) is 149 cm³/mol. The summed E-state index contributed by atoms with van der Waals surface area (Å²) in [6, 6.07) is 24.3. The fraction of sp³-hybridized carbons (Fsp3) is 0.286. The molecule has 0 spiro atoms. The minimum absolute atomic E-state index is 0.0421. The zero-order valence-corrected chi connectivity index (χ0v) is 21.4. The third-order valence-electron chi connectivity index (χ3n) is 6.47. The highest BCUT2D eigenvalue weighted by Gasteiger charge is 2.36. The number of fused-ring (bicyclic) bond motifs is 2. The first-order chi connectivity index (χ1) is 17.7. The topological polar surface area (TPSA) is 66.4 Å². The molecular formula is C28H26N4O2S2. The molecule has 2 aliphatic carbocycles. The largest absolute Gasteiger partial charge is 0.293 e. The van der Waals surface area contributed by atoms with Crippen LogP contribution in [0.3, 0.4) is 0 Å².